The molecule has 72 valence electrons. The van der Waals surface area contributed by atoms with Crippen LogP contribution in [-0.2, 0) is 18.4 Å². The van der Waals surface area contributed by atoms with Crippen LogP contribution in [0.2, 0.25) is 0 Å². The average molecular weight is 202 g/mol. The molecule has 0 fully saturated rings. The Morgan fingerprint density at radius 2 is 1.83 bits per heavy atom. The second-order valence-electron chi connectivity index (χ2n) is 1.90. The number of halogens is 2. The number of hydrogen-bond acceptors (Lipinski definition) is 4. The summed E-state index contributed by atoms with van der Waals surface area (Å²) in [5.41, 5.74) is 0. The zero-order valence-corrected chi connectivity index (χ0v) is 7.52. The number of carbonyl (C=O) groups is 1. The molecular weight excluding hydrogens is 193 g/mol. The maximum absolute atomic E-state index is 11.6. The molecule has 0 bridgehead atoms. The monoisotopic (exact) mass is 202 g/mol. The van der Waals surface area contributed by atoms with E-state index in [1.807, 2.05) is 0 Å². The van der Waals surface area contributed by atoms with E-state index in [2.05, 4.69) is 9.05 Å². The van der Waals surface area contributed by atoms with Crippen LogP contribution in [0.4, 0.5) is 8.78 Å². The third kappa shape index (κ3) is 3.38. The number of hydrogen-bond donors (Lipinski definition) is 0. The average Bonchev–Trinajstić information content (AvgIpc) is 2.04. The van der Waals surface area contributed by atoms with Crippen LogP contribution >= 0.6 is 7.60 Å². The molecule has 0 aliphatic carbocycles. The van der Waals surface area contributed by atoms with Crippen molar-refractivity contribution >= 4 is 13.4 Å². The van der Waals surface area contributed by atoms with E-state index >= 15 is 0 Å². The smallest absolute Gasteiger partial charge is 0.312 e. The molecule has 0 aromatic rings. The van der Waals surface area contributed by atoms with Crippen molar-refractivity contribution in [2.75, 3.05) is 20.4 Å². The molecular formula is C5H9F2O4P. The number of carbonyl (C=O) groups excluding carboxylic acids is 1. The van der Waals surface area contributed by atoms with Gasteiger partial charge in [-0.3, -0.25) is 9.36 Å². The molecule has 4 nitrogen and oxygen atoms in total. The quantitative estimate of drug-likeness (QED) is 0.630. The summed E-state index contributed by atoms with van der Waals surface area (Å²) in [4.78, 5) is 10.4. The lowest BCUT2D eigenvalue weighted by Crippen LogP contribution is -2.15. The fourth-order valence-corrected chi connectivity index (χ4v) is 1.39. The van der Waals surface area contributed by atoms with Gasteiger partial charge >= 0.3 is 7.60 Å². The molecule has 0 aliphatic rings. The Kier molecular flexibility index (Phi) is 4.52. The minimum Gasteiger partial charge on any atom is -0.312 e. The van der Waals surface area contributed by atoms with Crippen molar-refractivity contribution < 1.29 is 27.2 Å². The second-order valence-corrected chi connectivity index (χ2v) is 4.17. The van der Waals surface area contributed by atoms with Gasteiger partial charge in [0.05, 0.1) is 0 Å². The number of rotatable bonds is 5. The molecule has 0 radical (unpaired) electrons. The number of ketones is 1. The number of Topliss-reactive ketones (excluding diaryl/α,β-unsaturated/α-hetero) is 1. The van der Waals surface area contributed by atoms with Crippen LogP contribution < -0.4 is 0 Å². The van der Waals surface area contributed by atoms with E-state index in [0.29, 0.717) is 0 Å². The van der Waals surface area contributed by atoms with Crippen LogP contribution in [0, 0.1) is 0 Å². The maximum atomic E-state index is 11.6. The van der Waals surface area contributed by atoms with Gasteiger partial charge in [-0.15, -0.1) is 0 Å². The van der Waals surface area contributed by atoms with Gasteiger partial charge in [0.2, 0.25) is 5.78 Å². The van der Waals surface area contributed by atoms with E-state index < -0.39 is 26.0 Å². The van der Waals surface area contributed by atoms with Crippen LogP contribution in [0.5, 0.6) is 0 Å². The first-order chi connectivity index (χ1) is 5.45. The molecule has 0 unspecified atom stereocenters. The summed E-state index contributed by atoms with van der Waals surface area (Å²) in [6.07, 6.45) is -4.03. The van der Waals surface area contributed by atoms with Crippen molar-refractivity contribution in [2.45, 2.75) is 6.43 Å². The molecule has 7 heteroatoms. The van der Waals surface area contributed by atoms with Crippen LogP contribution in [-0.4, -0.2) is 32.6 Å². The van der Waals surface area contributed by atoms with Gasteiger partial charge in [-0.1, -0.05) is 0 Å². The first kappa shape index (κ1) is 11.7. The van der Waals surface area contributed by atoms with E-state index in [-0.39, 0.29) is 0 Å². The Morgan fingerprint density at radius 1 is 1.42 bits per heavy atom. The van der Waals surface area contributed by atoms with Gasteiger partial charge < -0.3 is 9.05 Å². The zero-order valence-electron chi connectivity index (χ0n) is 6.62. The predicted octanol–water partition coefficient (Wildman–Crippen LogP) is 1.31. The highest BCUT2D eigenvalue weighted by Crippen LogP contribution is 2.46. The van der Waals surface area contributed by atoms with E-state index in [1.54, 1.807) is 0 Å². The Bertz CT molecular complexity index is 198. The van der Waals surface area contributed by atoms with Gasteiger partial charge in [0, 0.05) is 14.2 Å². The topological polar surface area (TPSA) is 52.6 Å². The van der Waals surface area contributed by atoms with Crippen molar-refractivity contribution in [3.63, 3.8) is 0 Å². The van der Waals surface area contributed by atoms with Crippen LogP contribution in [0.1, 0.15) is 0 Å². The highest BCUT2D eigenvalue weighted by Gasteiger charge is 2.29. The summed E-state index contributed by atoms with van der Waals surface area (Å²) in [6.45, 7) is 0. The Hall–Kier alpha value is -0.320. The van der Waals surface area contributed by atoms with E-state index in [0.717, 1.165) is 14.2 Å². The molecule has 0 saturated heterocycles. The van der Waals surface area contributed by atoms with E-state index in [1.165, 1.54) is 0 Å². The molecule has 0 saturated carbocycles. The number of alkyl halides is 2. The highest BCUT2D eigenvalue weighted by atomic mass is 31.2. The summed E-state index contributed by atoms with van der Waals surface area (Å²) in [6, 6.07) is 0. The van der Waals surface area contributed by atoms with Crippen LogP contribution in [0.15, 0.2) is 0 Å². The van der Waals surface area contributed by atoms with E-state index in [4.69, 9.17) is 0 Å². The lowest BCUT2D eigenvalue weighted by Gasteiger charge is -2.11. The van der Waals surface area contributed by atoms with Gasteiger partial charge in [-0.05, 0) is 0 Å². The largest absolute Gasteiger partial charge is 0.337 e. The highest BCUT2D eigenvalue weighted by molar-refractivity contribution is 7.54. The minimum atomic E-state index is -3.62. The molecule has 0 heterocycles. The summed E-state index contributed by atoms with van der Waals surface area (Å²) in [7, 11) is -1.56. The predicted molar refractivity (Wildman–Crippen MR) is 37.5 cm³/mol. The first-order valence-electron chi connectivity index (χ1n) is 2.96. The second kappa shape index (κ2) is 4.64. The van der Waals surface area contributed by atoms with Gasteiger partial charge in [-0.2, -0.15) is 0 Å². The van der Waals surface area contributed by atoms with Crippen molar-refractivity contribution in [2.24, 2.45) is 0 Å². The third-order valence-corrected chi connectivity index (χ3v) is 2.96. The molecule has 0 aliphatic heterocycles. The molecule has 0 aromatic carbocycles. The summed E-state index contributed by atoms with van der Waals surface area (Å²) >= 11 is 0. The van der Waals surface area contributed by atoms with Crippen molar-refractivity contribution in [3.8, 4) is 0 Å². The van der Waals surface area contributed by atoms with Crippen molar-refractivity contribution in [3.05, 3.63) is 0 Å². The molecule has 0 N–H and O–H groups in total. The lowest BCUT2D eigenvalue weighted by molar-refractivity contribution is -0.127. The third-order valence-electron chi connectivity index (χ3n) is 1.15. The van der Waals surface area contributed by atoms with Gasteiger partial charge in [0.1, 0.15) is 6.16 Å². The summed E-state index contributed by atoms with van der Waals surface area (Å²) in [5, 5.41) is 0. The molecule has 12 heavy (non-hydrogen) atoms. The first-order valence-corrected chi connectivity index (χ1v) is 4.69. The molecule has 0 spiro atoms. The summed E-state index contributed by atoms with van der Waals surface area (Å²) < 4.78 is 42.9. The Morgan fingerprint density at radius 3 is 2.08 bits per heavy atom. The summed E-state index contributed by atoms with van der Waals surface area (Å²) in [5.74, 6) is -1.44. The molecule has 0 aromatic heterocycles. The fraction of sp³-hybridized carbons (Fsp3) is 0.800. The van der Waals surface area contributed by atoms with Crippen LogP contribution in [0.3, 0.4) is 0 Å². The Labute approximate surface area is 68.4 Å². The molecule has 0 atom stereocenters. The SMILES string of the molecule is COP(=O)(CC(=O)C(F)F)OC. The fourth-order valence-electron chi connectivity index (χ4n) is 0.464. The van der Waals surface area contributed by atoms with Gasteiger partial charge in [0.25, 0.3) is 6.43 Å². The maximum Gasteiger partial charge on any atom is 0.337 e. The zero-order chi connectivity index (χ0) is 9.78. The van der Waals surface area contributed by atoms with Gasteiger partial charge in [-0.25, -0.2) is 8.78 Å². The molecule has 0 rings (SSSR count). The molecule has 0 amide bonds. The normalized spacial score (nSPS) is 12.1. The van der Waals surface area contributed by atoms with Crippen molar-refractivity contribution in [1.82, 2.24) is 0 Å². The minimum absolute atomic E-state index is 0.891. The van der Waals surface area contributed by atoms with Crippen molar-refractivity contribution in [1.29, 1.82) is 0 Å². The Balaban J connectivity index is 4.23. The standard InChI is InChI=1S/C5H9F2O4P/c1-10-12(9,11-2)3-4(8)5(6)7/h5H,3H2,1-2H3. The van der Waals surface area contributed by atoms with Gasteiger partial charge in [0.15, 0.2) is 0 Å². The lowest BCUT2D eigenvalue weighted by atomic mass is 10.5. The van der Waals surface area contributed by atoms with Crippen LogP contribution in [0.25, 0.3) is 0 Å². The van der Waals surface area contributed by atoms with E-state index in [9.17, 15) is 18.1 Å².